The lowest BCUT2D eigenvalue weighted by molar-refractivity contribution is 0.715. The molecular formula is C15H26. The fraction of sp³-hybridized carbons (Fsp3) is 0.600. The molecule has 0 nitrogen and oxygen atoms in total. The molecule has 1 rings (SSSR count). The summed E-state index contributed by atoms with van der Waals surface area (Å²) in [6.45, 7) is 10.6. The molecule has 0 heterocycles. The van der Waals surface area contributed by atoms with Crippen LogP contribution in [0.3, 0.4) is 0 Å². The van der Waals surface area contributed by atoms with Gasteiger partial charge in [0.05, 0.1) is 0 Å². The molecule has 0 fully saturated rings. The van der Waals surface area contributed by atoms with Gasteiger partial charge in [0.2, 0.25) is 0 Å². The van der Waals surface area contributed by atoms with Crippen LogP contribution in [0, 0.1) is 13.8 Å². The second kappa shape index (κ2) is 8.52. The van der Waals surface area contributed by atoms with Crippen LogP contribution in [-0.2, 0) is 6.42 Å². The van der Waals surface area contributed by atoms with Crippen molar-refractivity contribution < 1.29 is 0 Å². The monoisotopic (exact) mass is 206 g/mol. The van der Waals surface area contributed by atoms with E-state index in [9.17, 15) is 0 Å². The molecule has 0 unspecified atom stereocenters. The quantitative estimate of drug-likeness (QED) is 0.604. The standard InChI is InChI=1S/C13H20.C2H6/c1-4-5-6-7-13-9-8-11(2)10-12(13)3;1-2/h8-10H,4-7H2,1-3H3;1-2H3. The van der Waals surface area contributed by atoms with Gasteiger partial charge in [0.25, 0.3) is 0 Å². The van der Waals surface area contributed by atoms with Gasteiger partial charge in [-0.2, -0.15) is 0 Å². The average molecular weight is 206 g/mol. The lowest BCUT2D eigenvalue weighted by Gasteiger charge is -2.05. The Morgan fingerprint density at radius 1 is 1.00 bits per heavy atom. The molecule has 0 bridgehead atoms. The summed E-state index contributed by atoms with van der Waals surface area (Å²) in [6.07, 6.45) is 5.25. The van der Waals surface area contributed by atoms with Crippen LogP contribution < -0.4 is 0 Å². The summed E-state index contributed by atoms with van der Waals surface area (Å²) in [7, 11) is 0. The van der Waals surface area contributed by atoms with Crippen molar-refractivity contribution in [2.75, 3.05) is 0 Å². The van der Waals surface area contributed by atoms with Crippen LogP contribution in [0.15, 0.2) is 18.2 Å². The Kier molecular flexibility index (Phi) is 8.08. The van der Waals surface area contributed by atoms with Crippen molar-refractivity contribution in [2.24, 2.45) is 0 Å². The van der Waals surface area contributed by atoms with Crippen molar-refractivity contribution >= 4 is 0 Å². The van der Waals surface area contributed by atoms with E-state index < -0.39 is 0 Å². The van der Waals surface area contributed by atoms with E-state index >= 15 is 0 Å². The van der Waals surface area contributed by atoms with E-state index in [0.29, 0.717) is 0 Å². The van der Waals surface area contributed by atoms with Crippen molar-refractivity contribution in [1.29, 1.82) is 0 Å². The van der Waals surface area contributed by atoms with Crippen LogP contribution in [0.1, 0.15) is 56.7 Å². The summed E-state index contributed by atoms with van der Waals surface area (Å²) in [4.78, 5) is 0. The minimum Gasteiger partial charge on any atom is -0.0683 e. The molecule has 1 aromatic carbocycles. The third kappa shape index (κ3) is 5.61. The maximum Gasteiger partial charge on any atom is -0.0276 e. The van der Waals surface area contributed by atoms with Gasteiger partial charge in [-0.25, -0.2) is 0 Å². The molecule has 86 valence electrons. The molecule has 0 N–H and O–H groups in total. The van der Waals surface area contributed by atoms with Crippen LogP contribution >= 0.6 is 0 Å². The van der Waals surface area contributed by atoms with Gasteiger partial charge in [-0.05, 0) is 37.8 Å². The number of rotatable bonds is 4. The minimum absolute atomic E-state index is 1.25. The molecule has 0 heteroatoms. The first-order valence-corrected chi connectivity index (χ1v) is 6.30. The maximum atomic E-state index is 2.28. The maximum absolute atomic E-state index is 2.28. The van der Waals surface area contributed by atoms with Crippen LogP contribution in [0.4, 0.5) is 0 Å². The number of benzene rings is 1. The predicted molar refractivity (Wildman–Crippen MR) is 70.5 cm³/mol. The number of hydrogen-bond donors (Lipinski definition) is 0. The van der Waals surface area contributed by atoms with Gasteiger partial charge < -0.3 is 0 Å². The lowest BCUT2D eigenvalue weighted by atomic mass is 10.0. The van der Waals surface area contributed by atoms with Crippen LogP contribution in [0.2, 0.25) is 0 Å². The Morgan fingerprint density at radius 2 is 1.67 bits per heavy atom. The molecule has 1 aromatic rings. The van der Waals surface area contributed by atoms with E-state index in [1.165, 1.54) is 42.4 Å². The zero-order valence-corrected chi connectivity index (χ0v) is 11.1. The summed E-state index contributed by atoms with van der Waals surface area (Å²) in [5.41, 5.74) is 4.35. The summed E-state index contributed by atoms with van der Waals surface area (Å²) in [5.74, 6) is 0. The fourth-order valence-electron chi connectivity index (χ4n) is 1.69. The van der Waals surface area contributed by atoms with Crippen LogP contribution in [-0.4, -0.2) is 0 Å². The van der Waals surface area contributed by atoms with E-state index in [1.54, 1.807) is 0 Å². The number of unbranched alkanes of at least 4 members (excludes halogenated alkanes) is 2. The molecule has 0 aromatic heterocycles. The number of aryl methyl sites for hydroxylation is 3. The summed E-state index contributed by atoms with van der Waals surface area (Å²) < 4.78 is 0. The molecule has 0 saturated carbocycles. The third-order valence-corrected chi connectivity index (χ3v) is 2.55. The average Bonchev–Trinajstić information content (AvgIpc) is 2.24. The van der Waals surface area contributed by atoms with Gasteiger partial charge in [-0.1, -0.05) is 57.4 Å². The van der Waals surface area contributed by atoms with Crippen LogP contribution in [0.25, 0.3) is 0 Å². The highest BCUT2D eigenvalue weighted by molar-refractivity contribution is 5.30. The Morgan fingerprint density at radius 3 is 2.20 bits per heavy atom. The fourth-order valence-corrected chi connectivity index (χ4v) is 1.69. The van der Waals surface area contributed by atoms with E-state index in [4.69, 9.17) is 0 Å². The summed E-state index contributed by atoms with van der Waals surface area (Å²) >= 11 is 0. The molecule has 0 aliphatic carbocycles. The Labute approximate surface area is 95.7 Å². The molecule has 15 heavy (non-hydrogen) atoms. The van der Waals surface area contributed by atoms with Crippen molar-refractivity contribution in [3.05, 3.63) is 34.9 Å². The van der Waals surface area contributed by atoms with Crippen molar-refractivity contribution in [3.63, 3.8) is 0 Å². The van der Waals surface area contributed by atoms with Crippen LogP contribution in [0.5, 0.6) is 0 Å². The normalized spacial score (nSPS) is 9.40. The highest BCUT2D eigenvalue weighted by Gasteiger charge is 1.97. The van der Waals surface area contributed by atoms with E-state index in [0.717, 1.165) is 0 Å². The molecule has 0 atom stereocenters. The molecule has 0 spiro atoms. The minimum atomic E-state index is 1.25. The second-order valence-electron chi connectivity index (χ2n) is 3.89. The lowest BCUT2D eigenvalue weighted by Crippen LogP contribution is -1.90. The molecular weight excluding hydrogens is 180 g/mol. The SMILES string of the molecule is CC.CCCCCc1ccc(C)cc1C. The first-order chi connectivity index (χ1) is 7.24. The van der Waals surface area contributed by atoms with Gasteiger partial charge in [-0.15, -0.1) is 0 Å². The molecule has 0 radical (unpaired) electrons. The van der Waals surface area contributed by atoms with Crippen molar-refractivity contribution in [3.8, 4) is 0 Å². The largest absolute Gasteiger partial charge is 0.0683 e. The highest BCUT2D eigenvalue weighted by atomic mass is 14.0. The third-order valence-electron chi connectivity index (χ3n) is 2.55. The Hall–Kier alpha value is -0.780. The zero-order chi connectivity index (χ0) is 11.7. The molecule has 0 aliphatic heterocycles. The van der Waals surface area contributed by atoms with Crippen molar-refractivity contribution in [2.45, 2.75) is 60.3 Å². The topological polar surface area (TPSA) is 0 Å². The summed E-state index contributed by atoms with van der Waals surface area (Å²) in [5, 5.41) is 0. The predicted octanol–water partition coefficient (Wildman–Crippen LogP) is 5.06. The highest BCUT2D eigenvalue weighted by Crippen LogP contribution is 2.13. The van der Waals surface area contributed by atoms with Gasteiger partial charge in [0.15, 0.2) is 0 Å². The van der Waals surface area contributed by atoms with Gasteiger partial charge >= 0.3 is 0 Å². The van der Waals surface area contributed by atoms with Gasteiger partial charge in [0, 0.05) is 0 Å². The second-order valence-corrected chi connectivity index (χ2v) is 3.89. The zero-order valence-electron chi connectivity index (χ0n) is 11.1. The van der Waals surface area contributed by atoms with Gasteiger partial charge in [0.1, 0.15) is 0 Å². The molecule has 0 aliphatic rings. The first kappa shape index (κ1) is 14.2. The molecule has 0 saturated heterocycles. The van der Waals surface area contributed by atoms with E-state index in [1.807, 2.05) is 13.8 Å². The van der Waals surface area contributed by atoms with E-state index in [2.05, 4.69) is 39.0 Å². The van der Waals surface area contributed by atoms with Gasteiger partial charge in [-0.3, -0.25) is 0 Å². The first-order valence-electron chi connectivity index (χ1n) is 6.30. The number of hydrogen-bond acceptors (Lipinski definition) is 0. The molecule has 0 amide bonds. The van der Waals surface area contributed by atoms with E-state index in [-0.39, 0.29) is 0 Å². The summed E-state index contributed by atoms with van der Waals surface area (Å²) in [6, 6.07) is 6.77. The smallest absolute Gasteiger partial charge is 0.0276 e. The van der Waals surface area contributed by atoms with Crippen molar-refractivity contribution in [1.82, 2.24) is 0 Å². The Bertz CT molecular complexity index is 261. The Balaban J connectivity index is 0.000000921.